The van der Waals surface area contributed by atoms with Gasteiger partial charge in [0.2, 0.25) is 5.91 Å². The van der Waals surface area contributed by atoms with Crippen LogP contribution in [0, 0.1) is 0 Å². The monoisotopic (exact) mass is 352 g/mol. The van der Waals surface area contributed by atoms with Crippen LogP contribution in [0.4, 0.5) is 5.69 Å². The van der Waals surface area contributed by atoms with Crippen molar-refractivity contribution >= 4 is 39.1 Å². The Hall–Kier alpha value is -1.52. The van der Waals surface area contributed by atoms with Crippen LogP contribution < -0.4 is 10.6 Å². The lowest BCUT2D eigenvalue weighted by molar-refractivity contribution is -0.119. The largest absolute Gasteiger partial charge is 0.376 e. The molecule has 2 aromatic rings. The second kappa shape index (κ2) is 7.31. The standard InChI is InChI=1S/C15H14BrClN2O/c16-12-5-3-6-13(8-12)18-10-15(20)19-9-11-4-1-2-7-14(11)17/h1-8,18H,9-10H2,(H,19,20). The van der Waals surface area contributed by atoms with E-state index in [1.54, 1.807) is 0 Å². The summed E-state index contributed by atoms with van der Waals surface area (Å²) in [6.45, 7) is 0.652. The zero-order valence-corrected chi connectivity index (χ0v) is 13.0. The van der Waals surface area contributed by atoms with Crippen LogP contribution in [0.3, 0.4) is 0 Å². The van der Waals surface area contributed by atoms with Gasteiger partial charge in [-0.3, -0.25) is 4.79 Å². The fourth-order valence-electron chi connectivity index (χ4n) is 1.68. The quantitative estimate of drug-likeness (QED) is 0.857. The Morgan fingerprint density at radius 3 is 2.70 bits per heavy atom. The molecular weight excluding hydrogens is 340 g/mol. The van der Waals surface area contributed by atoms with Gasteiger partial charge < -0.3 is 10.6 Å². The Morgan fingerprint density at radius 2 is 1.95 bits per heavy atom. The third-order valence-electron chi connectivity index (χ3n) is 2.71. The van der Waals surface area contributed by atoms with Crippen LogP contribution in [0.1, 0.15) is 5.56 Å². The van der Waals surface area contributed by atoms with Gasteiger partial charge in [0.15, 0.2) is 0 Å². The molecule has 3 nitrogen and oxygen atoms in total. The van der Waals surface area contributed by atoms with E-state index < -0.39 is 0 Å². The van der Waals surface area contributed by atoms with Crippen molar-refractivity contribution in [3.05, 3.63) is 63.6 Å². The summed E-state index contributed by atoms with van der Waals surface area (Å²) >= 11 is 9.41. The average molecular weight is 354 g/mol. The maximum absolute atomic E-state index is 11.8. The predicted octanol–water partition coefficient (Wildman–Crippen LogP) is 3.83. The molecule has 0 unspecified atom stereocenters. The highest BCUT2D eigenvalue weighted by atomic mass is 79.9. The van der Waals surface area contributed by atoms with Gasteiger partial charge in [0.25, 0.3) is 0 Å². The van der Waals surface area contributed by atoms with Crippen molar-refractivity contribution < 1.29 is 4.79 Å². The predicted molar refractivity (Wildman–Crippen MR) is 85.9 cm³/mol. The molecule has 0 spiro atoms. The topological polar surface area (TPSA) is 41.1 Å². The number of amides is 1. The van der Waals surface area contributed by atoms with Gasteiger partial charge in [-0.25, -0.2) is 0 Å². The number of carbonyl (C=O) groups is 1. The lowest BCUT2D eigenvalue weighted by atomic mass is 10.2. The first-order valence-electron chi connectivity index (χ1n) is 6.15. The Bertz CT molecular complexity index is 604. The molecule has 104 valence electrons. The zero-order chi connectivity index (χ0) is 14.4. The molecule has 20 heavy (non-hydrogen) atoms. The molecule has 2 aromatic carbocycles. The van der Waals surface area contributed by atoms with E-state index in [2.05, 4.69) is 26.6 Å². The normalized spacial score (nSPS) is 10.1. The van der Waals surface area contributed by atoms with Gasteiger partial charge in [-0.2, -0.15) is 0 Å². The van der Waals surface area contributed by atoms with Gasteiger partial charge >= 0.3 is 0 Å². The minimum Gasteiger partial charge on any atom is -0.376 e. The Kier molecular flexibility index (Phi) is 5.44. The van der Waals surface area contributed by atoms with E-state index in [9.17, 15) is 4.79 Å². The highest BCUT2D eigenvalue weighted by molar-refractivity contribution is 9.10. The molecule has 0 saturated carbocycles. The minimum atomic E-state index is -0.0788. The number of anilines is 1. The van der Waals surface area contributed by atoms with Gasteiger partial charge in [-0.1, -0.05) is 51.8 Å². The zero-order valence-electron chi connectivity index (χ0n) is 10.7. The van der Waals surface area contributed by atoms with E-state index in [0.29, 0.717) is 11.6 Å². The molecule has 0 atom stereocenters. The second-order valence-electron chi connectivity index (χ2n) is 4.23. The first-order valence-corrected chi connectivity index (χ1v) is 7.32. The van der Waals surface area contributed by atoms with Crippen LogP contribution in [0.15, 0.2) is 53.0 Å². The van der Waals surface area contributed by atoms with Crippen molar-refractivity contribution in [2.75, 3.05) is 11.9 Å². The molecule has 2 N–H and O–H groups in total. The highest BCUT2D eigenvalue weighted by Gasteiger charge is 2.03. The van der Waals surface area contributed by atoms with Crippen LogP contribution in [0.5, 0.6) is 0 Å². The van der Waals surface area contributed by atoms with Gasteiger partial charge in [0, 0.05) is 21.7 Å². The van der Waals surface area contributed by atoms with Crippen molar-refractivity contribution in [1.82, 2.24) is 5.32 Å². The molecular formula is C15H14BrClN2O. The van der Waals surface area contributed by atoms with Gasteiger partial charge in [0.1, 0.15) is 0 Å². The molecule has 0 saturated heterocycles. The summed E-state index contributed by atoms with van der Waals surface area (Å²) in [4.78, 5) is 11.8. The lowest BCUT2D eigenvalue weighted by Gasteiger charge is -2.09. The fraction of sp³-hybridized carbons (Fsp3) is 0.133. The van der Waals surface area contributed by atoms with Crippen molar-refractivity contribution in [3.63, 3.8) is 0 Å². The summed E-state index contributed by atoms with van der Waals surface area (Å²) in [6.07, 6.45) is 0. The summed E-state index contributed by atoms with van der Waals surface area (Å²) in [5.74, 6) is -0.0788. The average Bonchev–Trinajstić information content (AvgIpc) is 2.44. The maximum Gasteiger partial charge on any atom is 0.239 e. The fourth-order valence-corrected chi connectivity index (χ4v) is 2.28. The summed E-state index contributed by atoms with van der Waals surface area (Å²) < 4.78 is 0.971. The molecule has 1 amide bonds. The van der Waals surface area contributed by atoms with Crippen molar-refractivity contribution in [3.8, 4) is 0 Å². The summed E-state index contributed by atoms with van der Waals surface area (Å²) in [7, 11) is 0. The summed E-state index contributed by atoms with van der Waals surface area (Å²) in [6, 6.07) is 15.1. The number of carbonyl (C=O) groups excluding carboxylic acids is 1. The second-order valence-corrected chi connectivity index (χ2v) is 5.55. The third-order valence-corrected chi connectivity index (χ3v) is 3.57. The van der Waals surface area contributed by atoms with E-state index in [-0.39, 0.29) is 12.5 Å². The van der Waals surface area contributed by atoms with Gasteiger partial charge in [-0.15, -0.1) is 0 Å². The molecule has 5 heteroatoms. The molecule has 0 aromatic heterocycles. The van der Waals surface area contributed by atoms with Crippen LogP contribution in [-0.4, -0.2) is 12.5 Å². The summed E-state index contributed by atoms with van der Waals surface area (Å²) in [5.41, 5.74) is 1.80. The van der Waals surface area contributed by atoms with Crippen molar-refractivity contribution in [2.45, 2.75) is 6.54 Å². The van der Waals surface area contributed by atoms with E-state index in [1.165, 1.54) is 0 Å². The Morgan fingerprint density at radius 1 is 1.15 bits per heavy atom. The number of nitrogens with one attached hydrogen (secondary N) is 2. The Labute approximate surface area is 131 Å². The van der Waals surface area contributed by atoms with Crippen LogP contribution in [0.2, 0.25) is 5.02 Å². The molecule has 0 heterocycles. The van der Waals surface area contributed by atoms with Crippen molar-refractivity contribution in [2.24, 2.45) is 0 Å². The minimum absolute atomic E-state index is 0.0788. The van der Waals surface area contributed by atoms with E-state index in [4.69, 9.17) is 11.6 Å². The smallest absolute Gasteiger partial charge is 0.239 e. The van der Waals surface area contributed by atoms with E-state index >= 15 is 0 Å². The number of rotatable bonds is 5. The molecule has 0 radical (unpaired) electrons. The first-order chi connectivity index (χ1) is 9.65. The van der Waals surface area contributed by atoms with Crippen LogP contribution in [-0.2, 0) is 11.3 Å². The van der Waals surface area contributed by atoms with Crippen LogP contribution in [0.25, 0.3) is 0 Å². The van der Waals surface area contributed by atoms with E-state index in [1.807, 2.05) is 48.5 Å². The van der Waals surface area contributed by atoms with E-state index in [0.717, 1.165) is 15.7 Å². The van der Waals surface area contributed by atoms with Gasteiger partial charge in [-0.05, 0) is 29.8 Å². The molecule has 0 fully saturated rings. The van der Waals surface area contributed by atoms with Crippen molar-refractivity contribution in [1.29, 1.82) is 0 Å². The number of hydrogen-bond acceptors (Lipinski definition) is 2. The summed E-state index contributed by atoms with van der Waals surface area (Å²) in [5, 5.41) is 6.55. The van der Waals surface area contributed by atoms with Crippen LogP contribution >= 0.6 is 27.5 Å². The van der Waals surface area contributed by atoms with Gasteiger partial charge in [0.05, 0.1) is 6.54 Å². The maximum atomic E-state index is 11.8. The molecule has 0 aliphatic carbocycles. The first kappa shape index (κ1) is 14.9. The highest BCUT2D eigenvalue weighted by Crippen LogP contribution is 2.15. The lowest BCUT2D eigenvalue weighted by Crippen LogP contribution is -2.29. The molecule has 0 bridgehead atoms. The molecule has 2 rings (SSSR count). The SMILES string of the molecule is O=C(CNc1cccc(Br)c1)NCc1ccccc1Cl. The number of hydrogen-bond donors (Lipinski definition) is 2. The molecule has 0 aliphatic heterocycles. The number of benzene rings is 2. The number of halogens is 2. The Balaban J connectivity index is 1.80. The third kappa shape index (κ3) is 4.54. The molecule has 0 aliphatic rings.